The van der Waals surface area contributed by atoms with E-state index in [2.05, 4.69) is 241 Å². The smallest absolute Gasteiger partial charge is 0.143 e. The third-order valence-corrected chi connectivity index (χ3v) is 12.8. The maximum Gasteiger partial charge on any atom is 0.143 e. The average Bonchev–Trinajstić information content (AvgIpc) is 3.88. The van der Waals surface area contributed by atoms with E-state index < -0.39 is 5.41 Å². The van der Waals surface area contributed by atoms with E-state index in [1.807, 2.05) is 0 Å². The number of nitrogens with zero attached hydrogens (tertiary/aromatic N) is 1. The molecule has 0 radical (unpaired) electrons. The van der Waals surface area contributed by atoms with Gasteiger partial charge in [-0.05, 0) is 86.3 Å². The highest BCUT2D eigenvalue weighted by Gasteiger charge is 2.47. The van der Waals surface area contributed by atoms with E-state index in [0.717, 1.165) is 55.5 Å². The van der Waals surface area contributed by atoms with Crippen LogP contribution >= 0.6 is 0 Å². The normalized spacial score (nSPS) is 12.7. The van der Waals surface area contributed by atoms with E-state index in [-0.39, 0.29) is 0 Å². The first-order valence-corrected chi connectivity index (χ1v) is 21.0. The first kappa shape index (κ1) is 35.0. The highest BCUT2D eigenvalue weighted by molar-refractivity contribution is 6.17. The van der Waals surface area contributed by atoms with Gasteiger partial charge in [-0.25, -0.2) is 0 Å². The van der Waals surface area contributed by atoms with Crippen molar-refractivity contribution in [2.75, 3.05) is 4.90 Å². The first-order valence-electron chi connectivity index (χ1n) is 21.0. The van der Waals surface area contributed by atoms with Gasteiger partial charge in [-0.3, -0.25) is 0 Å². The van der Waals surface area contributed by atoms with Gasteiger partial charge in [0.1, 0.15) is 11.2 Å². The number of anilines is 3. The molecular formula is C59H39NO. The largest absolute Gasteiger partial charge is 0.455 e. The van der Waals surface area contributed by atoms with Crippen LogP contribution in [0, 0.1) is 0 Å². The molecule has 0 saturated heterocycles. The van der Waals surface area contributed by atoms with Crippen molar-refractivity contribution >= 4 is 49.8 Å². The van der Waals surface area contributed by atoms with Crippen molar-refractivity contribution in [3.05, 3.63) is 259 Å². The lowest BCUT2D eigenvalue weighted by Gasteiger charge is -2.34. The average molecular weight is 778 g/mol. The zero-order valence-electron chi connectivity index (χ0n) is 33.4. The molecule has 1 aliphatic rings. The molecule has 286 valence electrons. The Morgan fingerprint density at radius 1 is 0.328 bits per heavy atom. The van der Waals surface area contributed by atoms with Gasteiger partial charge in [0.15, 0.2) is 0 Å². The van der Waals surface area contributed by atoms with Crippen LogP contribution < -0.4 is 4.90 Å². The molecule has 0 saturated carbocycles. The summed E-state index contributed by atoms with van der Waals surface area (Å²) in [5.41, 5.74) is 16.7. The van der Waals surface area contributed by atoms with Crippen molar-refractivity contribution in [2.24, 2.45) is 0 Å². The number of fused-ring (bicyclic) bond motifs is 8. The van der Waals surface area contributed by atoms with Crippen LogP contribution in [0.5, 0.6) is 0 Å². The fourth-order valence-corrected chi connectivity index (χ4v) is 10.1. The Kier molecular flexibility index (Phi) is 8.11. The molecule has 1 heterocycles. The Bertz CT molecular complexity index is 3350. The molecule has 0 aliphatic heterocycles. The molecule has 0 atom stereocenters. The van der Waals surface area contributed by atoms with Gasteiger partial charge in [0.2, 0.25) is 0 Å². The Balaban J connectivity index is 1.06. The summed E-state index contributed by atoms with van der Waals surface area (Å²) in [5, 5.41) is 4.57. The van der Waals surface area contributed by atoms with Crippen molar-refractivity contribution in [2.45, 2.75) is 5.41 Å². The number of hydrogen-bond donors (Lipinski definition) is 0. The third-order valence-electron chi connectivity index (χ3n) is 12.8. The molecule has 11 aromatic rings. The second-order valence-corrected chi connectivity index (χ2v) is 16.0. The molecule has 0 N–H and O–H groups in total. The lowest BCUT2D eigenvalue weighted by molar-refractivity contribution is 0.674. The lowest BCUT2D eigenvalue weighted by Crippen LogP contribution is -2.28. The van der Waals surface area contributed by atoms with Crippen molar-refractivity contribution in [3.8, 4) is 33.4 Å². The molecule has 2 heteroatoms. The summed E-state index contributed by atoms with van der Waals surface area (Å²) >= 11 is 0. The number of rotatable bonds is 7. The molecule has 0 spiro atoms. The Hall–Kier alpha value is -7.94. The van der Waals surface area contributed by atoms with Crippen LogP contribution in [0.15, 0.2) is 241 Å². The summed E-state index contributed by atoms with van der Waals surface area (Å²) in [6.07, 6.45) is 0. The van der Waals surface area contributed by atoms with Gasteiger partial charge in [-0.15, -0.1) is 0 Å². The molecule has 0 amide bonds. The SMILES string of the molecule is c1ccc(-c2ccc(N(c3ccc(-c4cccc5c4oc4c6ccccc6ccc54)cc3)c3cccc4c3-c3ccccc3C4(c3ccccc3)c3ccccc3)cc2)cc1. The van der Waals surface area contributed by atoms with Gasteiger partial charge in [-0.2, -0.15) is 0 Å². The quantitative estimate of drug-likeness (QED) is 0.160. The van der Waals surface area contributed by atoms with Gasteiger partial charge in [0, 0.05) is 38.7 Å². The summed E-state index contributed by atoms with van der Waals surface area (Å²) in [7, 11) is 0. The highest BCUT2D eigenvalue weighted by Crippen LogP contribution is 2.59. The number of furan rings is 1. The maximum absolute atomic E-state index is 6.78. The molecule has 10 aromatic carbocycles. The number of benzene rings is 10. The van der Waals surface area contributed by atoms with E-state index in [9.17, 15) is 0 Å². The highest BCUT2D eigenvalue weighted by atomic mass is 16.3. The second kappa shape index (κ2) is 14.1. The number of para-hydroxylation sites is 1. The summed E-state index contributed by atoms with van der Waals surface area (Å²) in [6.45, 7) is 0. The van der Waals surface area contributed by atoms with Crippen molar-refractivity contribution < 1.29 is 4.42 Å². The van der Waals surface area contributed by atoms with E-state index in [0.29, 0.717) is 0 Å². The fourth-order valence-electron chi connectivity index (χ4n) is 10.1. The van der Waals surface area contributed by atoms with Crippen molar-refractivity contribution in [1.29, 1.82) is 0 Å². The number of hydrogen-bond acceptors (Lipinski definition) is 2. The molecule has 0 fully saturated rings. The van der Waals surface area contributed by atoms with E-state index in [4.69, 9.17) is 4.42 Å². The van der Waals surface area contributed by atoms with Crippen LogP contribution in [-0.4, -0.2) is 0 Å². The summed E-state index contributed by atoms with van der Waals surface area (Å²) < 4.78 is 6.78. The molecule has 0 unspecified atom stereocenters. The lowest BCUT2D eigenvalue weighted by atomic mass is 9.68. The first-order chi connectivity index (χ1) is 30.3. The topological polar surface area (TPSA) is 16.4 Å². The van der Waals surface area contributed by atoms with Crippen molar-refractivity contribution in [3.63, 3.8) is 0 Å². The summed E-state index contributed by atoms with van der Waals surface area (Å²) in [5.74, 6) is 0. The summed E-state index contributed by atoms with van der Waals surface area (Å²) in [6, 6.07) is 85.9. The molecule has 2 nitrogen and oxygen atoms in total. The minimum atomic E-state index is -0.506. The Morgan fingerprint density at radius 2 is 0.852 bits per heavy atom. The third kappa shape index (κ3) is 5.43. The Labute approximate surface area is 355 Å². The van der Waals surface area contributed by atoms with Crippen LogP contribution in [-0.2, 0) is 5.41 Å². The van der Waals surface area contributed by atoms with Crippen LogP contribution in [0.3, 0.4) is 0 Å². The van der Waals surface area contributed by atoms with Gasteiger partial charge in [0.25, 0.3) is 0 Å². The predicted octanol–water partition coefficient (Wildman–Crippen LogP) is 15.9. The minimum Gasteiger partial charge on any atom is -0.455 e. The molecule has 0 bridgehead atoms. The maximum atomic E-state index is 6.78. The Morgan fingerprint density at radius 3 is 1.57 bits per heavy atom. The van der Waals surface area contributed by atoms with Crippen molar-refractivity contribution in [1.82, 2.24) is 0 Å². The molecule has 12 rings (SSSR count). The zero-order chi connectivity index (χ0) is 40.3. The standard InChI is InChI=1S/C59H39NO/c1-4-16-40(17-5-1)41-30-35-46(36-31-41)60(47-37-32-43(33-38-47)49-25-14-26-50-51-39-34-42-18-10-11-23-48(42)58(51)61-57(49)50)55-29-15-28-54-56(55)52-24-12-13-27-53(52)59(54,44-19-6-2-7-20-44)45-21-8-3-9-22-45/h1-39H. The van der Waals surface area contributed by atoms with Gasteiger partial charge in [-0.1, -0.05) is 200 Å². The predicted molar refractivity (Wildman–Crippen MR) is 254 cm³/mol. The monoisotopic (exact) mass is 777 g/mol. The molecule has 1 aromatic heterocycles. The van der Waals surface area contributed by atoms with Gasteiger partial charge in [0.05, 0.1) is 11.1 Å². The second-order valence-electron chi connectivity index (χ2n) is 16.0. The fraction of sp³-hybridized carbons (Fsp3) is 0.0169. The summed E-state index contributed by atoms with van der Waals surface area (Å²) in [4.78, 5) is 2.44. The van der Waals surface area contributed by atoms with E-state index in [1.54, 1.807) is 0 Å². The van der Waals surface area contributed by atoms with E-state index >= 15 is 0 Å². The molecule has 61 heavy (non-hydrogen) atoms. The van der Waals surface area contributed by atoms with Gasteiger partial charge < -0.3 is 9.32 Å². The van der Waals surface area contributed by atoms with Crippen LogP contribution in [0.25, 0.3) is 66.1 Å². The minimum absolute atomic E-state index is 0.506. The zero-order valence-corrected chi connectivity index (χ0v) is 33.4. The van der Waals surface area contributed by atoms with Crippen LogP contribution in [0.4, 0.5) is 17.1 Å². The van der Waals surface area contributed by atoms with Crippen LogP contribution in [0.1, 0.15) is 22.3 Å². The van der Waals surface area contributed by atoms with Crippen LogP contribution in [0.2, 0.25) is 0 Å². The van der Waals surface area contributed by atoms with E-state index in [1.165, 1.54) is 49.9 Å². The molecular weight excluding hydrogens is 739 g/mol. The van der Waals surface area contributed by atoms with Gasteiger partial charge >= 0.3 is 0 Å². The molecule has 1 aliphatic carbocycles.